The van der Waals surface area contributed by atoms with Gasteiger partial charge in [-0.15, -0.1) is 0 Å². The second-order valence-corrected chi connectivity index (χ2v) is 24.7. The fraction of sp³-hybridized carbons (Fsp3) is 0.300. The van der Waals surface area contributed by atoms with E-state index in [-0.39, 0.29) is 85.2 Å². The van der Waals surface area contributed by atoms with Gasteiger partial charge in [0.25, 0.3) is 0 Å². The van der Waals surface area contributed by atoms with Gasteiger partial charge in [-0.3, -0.25) is 14.3 Å². The van der Waals surface area contributed by atoms with Crippen LogP contribution in [0, 0.1) is 6.57 Å². The Labute approximate surface area is 603 Å². The van der Waals surface area contributed by atoms with Gasteiger partial charge in [0.1, 0.15) is 34.6 Å². The summed E-state index contributed by atoms with van der Waals surface area (Å²) in [7, 11) is 23.2. The molecule has 1 amide bonds. The molecule has 7 rings (SSSR count). The van der Waals surface area contributed by atoms with E-state index in [9.17, 15) is 18.9 Å². The van der Waals surface area contributed by atoms with Crippen molar-refractivity contribution in [1.29, 1.82) is 0 Å². The Morgan fingerprint density at radius 1 is 0.644 bits per heavy atom. The first-order valence-corrected chi connectivity index (χ1v) is 31.9. The van der Waals surface area contributed by atoms with Crippen LogP contribution in [0.2, 0.25) is 0 Å². The zero-order valence-corrected chi connectivity index (χ0v) is 62.4. The van der Waals surface area contributed by atoms with Crippen LogP contribution in [0.15, 0.2) is 115 Å². The molecular weight excluding hydrogens is 1370 g/mol. The number of nitrogens with two attached hydrogens (primary N) is 4. The Hall–Kier alpha value is -5.89. The first-order chi connectivity index (χ1) is 40.6. The summed E-state index contributed by atoms with van der Waals surface area (Å²) in [5.41, 5.74) is 24.7. The summed E-state index contributed by atoms with van der Waals surface area (Å²) >= 11 is 16.0. The van der Waals surface area contributed by atoms with Crippen molar-refractivity contribution in [3.63, 3.8) is 0 Å². The average molecular weight is 1460 g/mol. The monoisotopic (exact) mass is 1460 g/mol. The minimum Gasteiger partial charge on any atom is -1.00 e. The molecule has 11 N–H and O–H groups in total. The number of methoxy groups -OCH3 is 5. The molecule has 484 valence electrons. The molecule has 0 bridgehead atoms. The third kappa shape index (κ3) is 31.4. The standard InChI is InChI=1S/C20H25N5O.C10H14N2O2.C10H12N2O.C10H13NO3.C8H9NO3.CH3I.CH4.Cl3OP.H2N.2Na.H/c1-25(2)18-8-7-14(12-19(18)26-3)16-13-17-15(6-4-10-22-17)20(24-16)23-11-5-9-21;1-12(2)8-5-4-7(10(11)13)6-9(8)14-3;1-11-8-5-6-9(12(2)3)10(7-8)13-4;1-11(2)8-5-4-7(10(12)13)6-9(8)14-3;1-12-7-4-5(8(10)11)2-3-6(7)9;1-2;;1-5(2,3)4;;;;/h4,6-8,10,12-13H,5,9,11,21H2,1-3H3,(H,23,24);4-6H,1-3H3,(H2,11,13);5-7H,2-4H3;4-6H,1-3H3,(H,12,13);2-4H,9H2,1H3,(H,10,11);1H3;1H4;;1H2;;;/q;;;;;;;;-1;2*+1;-1. The molecule has 0 radical (unpaired) electrons. The van der Waals surface area contributed by atoms with Crippen LogP contribution in [0.4, 0.5) is 39.9 Å². The van der Waals surface area contributed by atoms with E-state index in [0.717, 1.165) is 75.2 Å². The zero-order chi connectivity index (χ0) is 65.4. The number of amides is 1. The van der Waals surface area contributed by atoms with Gasteiger partial charge in [-0.25, -0.2) is 19.4 Å². The number of pyridine rings is 2. The predicted octanol–water partition coefficient (Wildman–Crippen LogP) is 8.07. The number of nitrogens with zero attached hydrogens (tertiary/aromatic N) is 7. The Morgan fingerprint density at radius 2 is 1.03 bits per heavy atom. The number of primary amides is 1. The largest absolute Gasteiger partial charge is 1.00 e. The van der Waals surface area contributed by atoms with Gasteiger partial charge in [0.15, 0.2) is 5.69 Å². The molecule has 2 heterocycles. The van der Waals surface area contributed by atoms with E-state index in [1.165, 1.54) is 38.5 Å². The fourth-order valence-electron chi connectivity index (χ4n) is 7.20. The molecule has 0 atom stereocenters. The minimum absolute atomic E-state index is 0. The van der Waals surface area contributed by atoms with Crippen molar-refractivity contribution in [2.75, 3.05) is 141 Å². The first-order valence-electron chi connectivity index (χ1n) is 25.3. The van der Waals surface area contributed by atoms with Gasteiger partial charge in [-0.2, -0.15) is 0 Å². The Morgan fingerprint density at radius 3 is 1.44 bits per heavy atom. The number of ether oxygens (including phenoxy) is 5. The number of carbonyl (C=O) groups is 3. The van der Waals surface area contributed by atoms with Gasteiger partial charge in [-0.1, -0.05) is 42.2 Å². The summed E-state index contributed by atoms with van der Waals surface area (Å²) in [6, 6.07) is 31.7. The molecule has 0 fully saturated rings. The van der Waals surface area contributed by atoms with Crippen LogP contribution in [0.3, 0.4) is 0 Å². The summed E-state index contributed by atoms with van der Waals surface area (Å²) < 4.78 is 35.3. The van der Waals surface area contributed by atoms with Gasteiger partial charge in [0.2, 0.25) is 5.91 Å². The van der Waals surface area contributed by atoms with Crippen molar-refractivity contribution in [2.24, 2.45) is 11.5 Å². The van der Waals surface area contributed by atoms with E-state index in [4.69, 9.17) is 62.7 Å². The molecule has 0 aliphatic heterocycles. The number of nitrogen functional groups attached to an aromatic ring is 1. The van der Waals surface area contributed by atoms with Gasteiger partial charge in [0, 0.05) is 85.6 Å². The van der Waals surface area contributed by atoms with E-state index in [1.54, 1.807) is 70.0 Å². The average Bonchev–Trinajstić information content (AvgIpc) is 1.00. The van der Waals surface area contributed by atoms with Crippen LogP contribution in [0.5, 0.6) is 28.7 Å². The van der Waals surface area contributed by atoms with Gasteiger partial charge in [-0.05, 0) is 149 Å². The van der Waals surface area contributed by atoms with E-state index >= 15 is 0 Å². The summed E-state index contributed by atoms with van der Waals surface area (Å²) in [6.07, 6.45) is 2.69. The molecule has 0 aliphatic carbocycles. The Kier molecular flexibility index (Phi) is 47.3. The minimum atomic E-state index is -3.22. The van der Waals surface area contributed by atoms with Crippen molar-refractivity contribution in [3.8, 4) is 40.0 Å². The molecule has 0 aliphatic rings. The summed E-state index contributed by atoms with van der Waals surface area (Å²) in [5.74, 6) is 1.58. The number of aromatic nitrogens is 2. The van der Waals surface area contributed by atoms with Crippen molar-refractivity contribution >= 4 is 130 Å². The van der Waals surface area contributed by atoms with E-state index < -0.39 is 23.0 Å². The number of fused-ring (bicyclic) bond motifs is 1. The van der Waals surface area contributed by atoms with Crippen molar-refractivity contribution in [2.45, 2.75) is 13.8 Å². The van der Waals surface area contributed by atoms with Crippen LogP contribution in [0.25, 0.3) is 33.2 Å². The number of alkyl halides is 1. The molecular formula is C60H83Cl3IN12Na2O11P. The quantitative estimate of drug-likeness (QED) is 0.00954. The third-order valence-corrected chi connectivity index (χ3v) is 11.3. The van der Waals surface area contributed by atoms with Crippen molar-refractivity contribution < 1.29 is 113 Å². The molecule has 0 saturated carbocycles. The number of aromatic carboxylic acids is 2. The molecule has 2 aromatic heterocycles. The van der Waals surface area contributed by atoms with Crippen LogP contribution in [0.1, 0.15) is 46.3 Å². The molecule has 23 nitrogen and oxygen atoms in total. The number of anilines is 6. The normalized spacial score (nSPS) is 9.40. The third-order valence-electron chi connectivity index (χ3n) is 11.3. The Bertz CT molecular complexity index is 3340. The smallest absolute Gasteiger partial charge is 1.00 e. The number of carboxylic acid groups (broad SMARTS) is 2. The van der Waals surface area contributed by atoms with Crippen LogP contribution in [-0.4, -0.2) is 148 Å². The second-order valence-electron chi connectivity index (χ2n) is 18.0. The summed E-state index contributed by atoms with van der Waals surface area (Å²) in [4.78, 5) is 54.5. The number of benzene rings is 5. The maximum atomic E-state index is 10.9. The second kappa shape index (κ2) is 47.1. The molecule has 7 aromatic rings. The van der Waals surface area contributed by atoms with E-state index in [1.807, 2.05) is 117 Å². The van der Waals surface area contributed by atoms with Crippen LogP contribution >= 0.6 is 61.5 Å². The SMILES string of the molecule is C.CI.COc1cc(-c2cc3ncccc3c(NCCCN)n2)ccc1N(C)C.COc1cc(C(=O)O)ccc1N.COc1cc(C(=O)O)ccc1N(C)C.COc1cc(C(N)=O)ccc1N(C)C.O=P(Cl)(Cl)Cl.[C-]#[N+]c1ccc(N(C)C)c(OC)c1.[H-].[NH2-].[Na+].[Na+]. The van der Waals surface area contributed by atoms with Gasteiger partial charge < -0.3 is 83.6 Å². The van der Waals surface area contributed by atoms with E-state index in [0.29, 0.717) is 40.7 Å². The molecule has 0 spiro atoms. The topological polar surface area (TPSA) is 322 Å². The van der Waals surface area contributed by atoms with Crippen LogP contribution in [-0.2, 0) is 4.57 Å². The molecule has 90 heavy (non-hydrogen) atoms. The molecule has 0 unspecified atom stereocenters. The summed E-state index contributed by atoms with van der Waals surface area (Å²) in [5, 5.41) is 18.5. The van der Waals surface area contributed by atoms with Crippen molar-refractivity contribution in [1.82, 2.24) is 9.97 Å². The predicted molar refractivity (Wildman–Crippen MR) is 374 cm³/mol. The number of nitrogens with one attached hydrogen (secondary N) is 1. The Balaban J connectivity index is -0.000000336. The van der Waals surface area contributed by atoms with E-state index in [2.05, 4.69) is 77.5 Å². The molecule has 5 aromatic carbocycles. The first kappa shape index (κ1) is 90.5. The fourth-order valence-corrected chi connectivity index (χ4v) is 7.20. The number of hydrogen-bond donors (Lipinski definition) is 6. The number of halogens is 4. The van der Waals surface area contributed by atoms with Gasteiger partial charge in [0.05, 0.1) is 92.9 Å². The number of rotatable bonds is 17. The maximum Gasteiger partial charge on any atom is 1.00 e. The van der Waals surface area contributed by atoms with Crippen LogP contribution < -0.4 is 125 Å². The summed E-state index contributed by atoms with van der Waals surface area (Å²) in [6.45, 7) is 8.27. The number of hydrogen-bond acceptors (Lipinski definition) is 18. The van der Waals surface area contributed by atoms with Gasteiger partial charge >= 0.3 is 76.3 Å². The molecule has 0 saturated heterocycles. The number of carboxylic acids is 2. The molecule has 30 heteroatoms. The van der Waals surface area contributed by atoms with Crippen molar-refractivity contribution in [3.05, 3.63) is 150 Å². The number of carbonyl (C=O) groups excluding carboxylic acids is 1. The maximum absolute atomic E-state index is 10.9. The zero-order valence-electron chi connectivity index (χ0n) is 54.1.